The van der Waals surface area contributed by atoms with Gasteiger partial charge in [-0.05, 0) is 61.9 Å². The maximum absolute atomic E-state index is 14.3. The summed E-state index contributed by atoms with van der Waals surface area (Å²) in [6, 6.07) is 23.9. The van der Waals surface area contributed by atoms with E-state index >= 15 is 0 Å². The molecule has 0 spiro atoms. The fourth-order valence-electron chi connectivity index (χ4n) is 4.07. The molecule has 0 saturated heterocycles. The van der Waals surface area contributed by atoms with Gasteiger partial charge in [0, 0.05) is 22.5 Å². The summed E-state index contributed by atoms with van der Waals surface area (Å²) in [5.74, 6) is -0.735. The number of hydrogen-bond donors (Lipinski definition) is 1. The number of amides is 1. The van der Waals surface area contributed by atoms with E-state index in [1.165, 1.54) is 16.6 Å². The number of carbonyl (C=O) groups excluding carboxylic acids is 1. The van der Waals surface area contributed by atoms with Crippen molar-refractivity contribution in [2.45, 2.75) is 20.4 Å². The Morgan fingerprint density at radius 1 is 1.00 bits per heavy atom. The van der Waals surface area contributed by atoms with Crippen molar-refractivity contribution >= 4 is 27.8 Å². The van der Waals surface area contributed by atoms with Crippen LogP contribution in [0.25, 0.3) is 5.69 Å². The third kappa shape index (κ3) is 5.95. The van der Waals surface area contributed by atoms with Gasteiger partial charge in [0.1, 0.15) is 5.82 Å². The van der Waals surface area contributed by atoms with E-state index in [-0.39, 0.29) is 12.4 Å². The highest BCUT2D eigenvalue weighted by atomic mass is 32.2. The van der Waals surface area contributed by atoms with Crippen LogP contribution in [0.3, 0.4) is 0 Å². The van der Waals surface area contributed by atoms with E-state index < -0.39 is 15.9 Å². The predicted octanol–water partition coefficient (Wildman–Crippen LogP) is 4.96. The van der Waals surface area contributed by atoms with Gasteiger partial charge in [0.2, 0.25) is 10.0 Å². The average molecular weight is 519 g/mol. The summed E-state index contributed by atoms with van der Waals surface area (Å²) in [6.45, 7) is 3.87. The van der Waals surface area contributed by atoms with E-state index in [4.69, 9.17) is 0 Å². The van der Waals surface area contributed by atoms with Crippen molar-refractivity contribution in [2.24, 2.45) is 5.10 Å². The Bertz CT molecular complexity index is 1550. The van der Waals surface area contributed by atoms with Crippen molar-refractivity contribution in [3.8, 4) is 5.69 Å². The molecule has 190 valence electrons. The summed E-state index contributed by atoms with van der Waals surface area (Å²) in [5.41, 5.74) is 7.00. The van der Waals surface area contributed by atoms with E-state index in [2.05, 4.69) is 10.5 Å². The van der Waals surface area contributed by atoms with E-state index in [0.717, 1.165) is 28.8 Å². The molecule has 0 aliphatic carbocycles. The number of aryl methyl sites for hydroxylation is 1. The molecule has 0 bridgehead atoms. The summed E-state index contributed by atoms with van der Waals surface area (Å²) in [6.07, 6.45) is 2.68. The van der Waals surface area contributed by atoms with Crippen molar-refractivity contribution < 1.29 is 17.6 Å². The van der Waals surface area contributed by atoms with Crippen molar-refractivity contribution in [1.82, 2.24) is 9.99 Å². The molecule has 1 aromatic heterocycles. The second kappa shape index (κ2) is 10.8. The zero-order valence-electron chi connectivity index (χ0n) is 20.7. The topological polar surface area (TPSA) is 83.8 Å². The number of benzene rings is 3. The van der Waals surface area contributed by atoms with Crippen molar-refractivity contribution in [3.63, 3.8) is 0 Å². The number of rotatable bonds is 8. The summed E-state index contributed by atoms with van der Waals surface area (Å²) >= 11 is 0. The molecule has 4 aromatic rings. The number of hydrogen-bond acceptors (Lipinski definition) is 4. The van der Waals surface area contributed by atoms with E-state index in [1.54, 1.807) is 71.3 Å². The molecule has 0 unspecified atom stereocenters. The van der Waals surface area contributed by atoms with Crippen LogP contribution < -0.4 is 9.73 Å². The molecule has 1 heterocycles. The molecule has 9 heteroatoms. The van der Waals surface area contributed by atoms with Gasteiger partial charge < -0.3 is 4.57 Å². The fraction of sp³-hybridized carbons (Fsp3) is 0.143. The van der Waals surface area contributed by atoms with Crippen molar-refractivity contribution in [3.05, 3.63) is 119 Å². The SMILES string of the molecule is Cc1cc(C=NNC(=O)c2ccc(CN(c3ccccc3)S(C)(=O)=O)cc2)c(C)n1-c1ccccc1F. The maximum atomic E-state index is 14.3. The monoisotopic (exact) mass is 518 g/mol. The molecule has 0 radical (unpaired) electrons. The van der Waals surface area contributed by atoms with Crippen LogP contribution in [0, 0.1) is 19.7 Å². The summed E-state index contributed by atoms with van der Waals surface area (Å²) < 4.78 is 42.0. The zero-order chi connectivity index (χ0) is 26.6. The van der Waals surface area contributed by atoms with E-state index in [0.29, 0.717) is 16.9 Å². The largest absolute Gasteiger partial charge is 0.315 e. The van der Waals surface area contributed by atoms with Crippen molar-refractivity contribution in [2.75, 3.05) is 10.6 Å². The molecule has 3 aromatic carbocycles. The average Bonchev–Trinajstić information content (AvgIpc) is 3.15. The number of nitrogens with one attached hydrogen (secondary N) is 1. The molecular weight excluding hydrogens is 491 g/mol. The van der Waals surface area contributed by atoms with Crippen LogP contribution in [0.5, 0.6) is 0 Å². The molecule has 0 aliphatic heterocycles. The lowest BCUT2D eigenvalue weighted by Gasteiger charge is -2.22. The van der Waals surface area contributed by atoms with Crippen LogP contribution in [0.4, 0.5) is 10.1 Å². The Labute approximate surface area is 215 Å². The normalized spacial score (nSPS) is 11.6. The molecule has 0 atom stereocenters. The predicted molar refractivity (Wildman–Crippen MR) is 144 cm³/mol. The smallest absolute Gasteiger partial charge is 0.271 e. The Morgan fingerprint density at radius 2 is 1.65 bits per heavy atom. The van der Waals surface area contributed by atoms with Gasteiger partial charge in [0.15, 0.2) is 0 Å². The first-order chi connectivity index (χ1) is 17.6. The van der Waals surface area contributed by atoms with Crippen LogP contribution in [-0.2, 0) is 16.6 Å². The Balaban J connectivity index is 1.44. The lowest BCUT2D eigenvalue weighted by molar-refractivity contribution is 0.0955. The summed E-state index contributed by atoms with van der Waals surface area (Å²) in [5, 5.41) is 4.07. The van der Waals surface area contributed by atoms with Gasteiger partial charge in [-0.2, -0.15) is 5.10 Å². The minimum atomic E-state index is -3.49. The summed E-state index contributed by atoms with van der Waals surface area (Å²) in [4.78, 5) is 12.6. The highest BCUT2D eigenvalue weighted by Crippen LogP contribution is 2.22. The standard InChI is InChI=1S/C28H27FN4O3S/c1-20-17-24(21(2)33(20)27-12-8-7-11-26(27)29)18-30-31-28(34)23-15-13-22(14-16-23)19-32(37(3,35)36)25-9-5-4-6-10-25/h4-18H,19H2,1-3H3,(H,31,34). The van der Waals surface area contributed by atoms with Gasteiger partial charge in [-0.25, -0.2) is 18.2 Å². The first-order valence-corrected chi connectivity index (χ1v) is 13.4. The number of carbonyl (C=O) groups is 1. The minimum absolute atomic E-state index is 0.139. The number of sulfonamides is 1. The Hall–Kier alpha value is -4.24. The second-order valence-corrected chi connectivity index (χ2v) is 10.5. The number of para-hydroxylation sites is 2. The van der Waals surface area contributed by atoms with Crippen LogP contribution in [0.1, 0.15) is 32.9 Å². The minimum Gasteiger partial charge on any atom is -0.315 e. The van der Waals surface area contributed by atoms with Gasteiger partial charge in [-0.15, -0.1) is 0 Å². The first-order valence-electron chi connectivity index (χ1n) is 11.5. The Kier molecular flexibility index (Phi) is 7.54. The number of aromatic nitrogens is 1. The van der Waals surface area contributed by atoms with Gasteiger partial charge in [0.25, 0.3) is 5.91 Å². The quantitative estimate of drug-likeness (QED) is 0.264. The molecule has 0 aliphatic rings. The molecule has 0 saturated carbocycles. The molecule has 1 N–H and O–H groups in total. The van der Waals surface area contributed by atoms with Crippen LogP contribution in [0.2, 0.25) is 0 Å². The highest BCUT2D eigenvalue weighted by Gasteiger charge is 2.18. The van der Waals surface area contributed by atoms with Gasteiger partial charge >= 0.3 is 0 Å². The lowest BCUT2D eigenvalue weighted by atomic mass is 10.1. The lowest BCUT2D eigenvalue weighted by Crippen LogP contribution is -2.29. The van der Waals surface area contributed by atoms with Gasteiger partial charge in [0.05, 0.1) is 30.4 Å². The van der Waals surface area contributed by atoms with E-state index in [1.807, 2.05) is 26.0 Å². The maximum Gasteiger partial charge on any atom is 0.271 e. The van der Waals surface area contributed by atoms with Gasteiger partial charge in [-0.1, -0.05) is 42.5 Å². The molecule has 37 heavy (non-hydrogen) atoms. The van der Waals surface area contributed by atoms with Crippen molar-refractivity contribution in [1.29, 1.82) is 0 Å². The number of nitrogens with zero attached hydrogens (tertiary/aromatic N) is 3. The van der Waals surface area contributed by atoms with E-state index in [9.17, 15) is 17.6 Å². The van der Waals surface area contributed by atoms with Crippen LogP contribution in [-0.4, -0.2) is 31.4 Å². The molecule has 1 amide bonds. The van der Waals surface area contributed by atoms with Crippen LogP contribution in [0.15, 0.2) is 90.0 Å². The molecular formula is C28H27FN4O3S. The van der Waals surface area contributed by atoms with Crippen LogP contribution >= 0.6 is 0 Å². The molecule has 7 nitrogen and oxygen atoms in total. The number of anilines is 1. The fourth-order valence-corrected chi connectivity index (χ4v) is 4.96. The molecule has 4 rings (SSSR count). The highest BCUT2D eigenvalue weighted by molar-refractivity contribution is 7.92. The van der Waals surface area contributed by atoms with Gasteiger partial charge in [-0.3, -0.25) is 9.10 Å². The third-order valence-corrected chi connectivity index (χ3v) is 7.06. The number of hydrazone groups is 1. The third-order valence-electron chi connectivity index (χ3n) is 5.92. The first kappa shape index (κ1) is 25.8. The second-order valence-electron chi connectivity index (χ2n) is 8.61. The molecule has 0 fully saturated rings. The zero-order valence-corrected chi connectivity index (χ0v) is 21.5. The number of halogens is 1. The summed E-state index contributed by atoms with van der Waals surface area (Å²) in [7, 11) is -3.49. The Morgan fingerprint density at radius 3 is 2.30 bits per heavy atom.